The summed E-state index contributed by atoms with van der Waals surface area (Å²) in [4.78, 5) is 31.9. The van der Waals surface area contributed by atoms with Crippen LogP contribution in [0.4, 0.5) is 0 Å². The minimum Gasteiger partial charge on any atom is -0.337 e. The fourth-order valence-electron chi connectivity index (χ4n) is 2.41. The molecule has 2 heterocycles. The first-order valence-corrected chi connectivity index (χ1v) is 8.19. The van der Waals surface area contributed by atoms with Gasteiger partial charge >= 0.3 is 0 Å². The van der Waals surface area contributed by atoms with Crippen molar-refractivity contribution < 1.29 is 4.79 Å². The maximum absolute atomic E-state index is 12.5. The van der Waals surface area contributed by atoms with Crippen LogP contribution in [0.2, 0.25) is 0 Å². The Hall–Kier alpha value is -2.47. The molecule has 0 bridgehead atoms. The highest BCUT2D eigenvalue weighted by Crippen LogP contribution is 2.23. The Labute approximate surface area is 137 Å². The number of nitrogens with zero attached hydrogens (tertiary/aromatic N) is 3. The van der Waals surface area contributed by atoms with Gasteiger partial charge in [-0.3, -0.25) is 14.2 Å². The van der Waals surface area contributed by atoms with Gasteiger partial charge in [-0.25, -0.2) is 4.98 Å². The van der Waals surface area contributed by atoms with Crippen LogP contribution in [-0.2, 0) is 11.3 Å². The van der Waals surface area contributed by atoms with Crippen molar-refractivity contribution in [3.63, 3.8) is 0 Å². The molecule has 0 aliphatic heterocycles. The molecule has 0 aliphatic carbocycles. The zero-order valence-corrected chi connectivity index (χ0v) is 13.8. The van der Waals surface area contributed by atoms with E-state index in [1.54, 1.807) is 41.5 Å². The second-order valence-corrected chi connectivity index (χ2v) is 6.37. The number of hydrogen-bond acceptors (Lipinski definition) is 4. The Balaban J connectivity index is 1.83. The molecule has 0 radical (unpaired) electrons. The molecule has 0 N–H and O–H groups in total. The normalized spacial score (nSPS) is 12.3. The molecule has 0 saturated heterocycles. The largest absolute Gasteiger partial charge is 0.337 e. The molecule has 118 valence electrons. The lowest BCUT2D eigenvalue weighted by Gasteiger charge is -2.24. The molecule has 1 aromatic carbocycles. The lowest BCUT2D eigenvalue weighted by molar-refractivity contribution is -0.132. The molecule has 0 unspecified atom stereocenters. The Morgan fingerprint density at radius 3 is 2.83 bits per heavy atom. The maximum atomic E-state index is 12.5. The molecule has 0 saturated carbocycles. The van der Waals surface area contributed by atoms with Crippen LogP contribution in [0.3, 0.4) is 0 Å². The van der Waals surface area contributed by atoms with E-state index < -0.39 is 0 Å². The first kappa shape index (κ1) is 15.4. The highest BCUT2D eigenvalue weighted by Gasteiger charge is 2.19. The number of hydrogen-bond donors (Lipinski definition) is 0. The van der Waals surface area contributed by atoms with Gasteiger partial charge < -0.3 is 4.90 Å². The smallest absolute Gasteiger partial charge is 0.261 e. The molecule has 3 rings (SSSR count). The van der Waals surface area contributed by atoms with Crippen LogP contribution in [0.15, 0.2) is 52.9 Å². The highest BCUT2D eigenvalue weighted by molar-refractivity contribution is 7.10. The number of fused-ring (bicyclic) bond motifs is 1. The van der Waals surface area contributed by atoms with Crippen LogP contribution >= 0.6 is 11.3 Å². The van der Waals surface area contributed by atoms with Gasteiger partial charge in [0.05, 0.1) is 23.3 Å². The average molecular weight is 327 g/mol. The van der Waals surface area contributed by atoms with Crippen molar-refractivity contribution in [2.24, 2.45) is 0 Å². The zero-order valence-electron chi connectivity index (χ0n) is 13.0. The van der Waals surface area contributed by atoms with Crippen LogP contribution in [0.5, 0.6) is 0 Å². The van der Waals surface area contributed by atoms with Gasteiger partial charge in [0, 0.05) is 11.9 Å². The first-order chi connectivity index (χ1) is 11.1. The Kier molecular flexibility index (Phi) is 4.25. The molecule has 0 fully saturated rings. The van der Waals surface area contributed by atoms with E-state index in [2.05, 4.69) is 4.98 Å². The van der Waals surface area contributed by atoms with Crippen LogP contribution in [-0.4, -0.2) is 27.4 Å². The van der Waals surface area contributed by atoms with E-state index in [4.69, 9.17) is 0 Å². The van der Waals surface area contributed by atoms with Crippen molar-refractivity contribution in [3.8, 4) is 0 Å². The third kappa shape index (κ3) is 3.03. The molecule has 0 aliphatic rings. The number of likely N-dealkylation sites (N-methyl/N-ethyl adjacent to an activating group) is 1. The molecular weight excluding hydrogens is 310 g/mol. The molecular formula is C17H17N3O2S. The van der Waals surface area contributed by atoms with Crippen molar-refractivity contribution in [2.45, 2.75) is 19.5 Å². The fraction of sp³-hybridized carbons (Fsp3) is 0.235. The number of benzene rings is 1. The molecule has 0 spiro atoms. The van der Waals surface area contributed by atoms with Gasteiger partial charge in [-0.1, -0.05) is 18.2 Å². The van der Waals surface area contributed by atoms with Crippen LogP contribution in [0, 0.1) is 0 Å². The Bertz CT molecular complexity index is 886. The third-order valence-corrected chi connectivity index (χ3v) is 5.01. The van der Waals surface area contributed by atoms with Crippen molar-refractivity contribution in [3.05, 3.63) is 63.3 Å². The number of thiophene rings is 1. The maximum Gasteiger partial charge on any atom is 0.261 e. The molecule has 2 aromatic heterocycles. The molecule has 1 amide bonds. The van der Waals surface area contributed by atoms with E-state index in [0.717, 1.165) is 4.88 Å². The van der Waals surface area contributed by atoms with Crippen molar-refractivity contribution in [1.29, 1.82) is 0 Å². The van der Waals surface area contributed by atoms with Crippen LogP contribution < -0.4 is 5.56 Å². The predicted molar refractivity (Wildman–Crippen MR) is 91.5 cm³/mol. The van der Waals surface area contributed by atoms with Crippen molar-refractivity contribution in [1.82, 2.24) is 14.5 Å². The summed E-state index contributed by atoms with van der Waals surface area (Å²) in [5, 5.41) is 2.51. The number of amides is 1. The Morgan fingerprint density at radius 1 is 1.30 bits per heavy atom. The summed E-state index contributed by atoms with van der Waals surface area (Å²) in [6.45, 7) is 1.97. The van der Waals surface area contributed by atoms with Gasteiger partial charge in [0.2, 0.25) is 5.91 Å². The van der Waals surface area contributed by atoms with E-state index in [0.29, 0.717) is 10.9 Å². The minimum atomic E-state index is -0.193. The minimum absolute atomic E-state index is 0.0110. The second kappa shape index (κ2) is 6.34. The van der Waals surface area contributed by atoms with E-state index in [1.807, 2.05) is 30.5 Å². The van der Waals surface area contributed by atoms with Gasteiger partial charge in [-0.15, -0.1) is 11.3 Å². The number of carbonyl (C=O) groups excluding carboxylic acids is 1. The summed E-state index contributed by atoms with van der Waals surface area (Å²) in [6, 6.07) is 11.1. The number of carbonyl (C=O) groups is 1. The van der Waals surface area contributed by atoms with E-state index in [-0.39, 0.29) is 24.1 Å². The zero-order chi connectivity index (χ0) is 16.4. The number of aromatic nitrogens is 2. The fourth-order valence-corrected chi connectivity index (χ4v) is 3.24. The SMILES string of the molecule is C[C@H](c1cccs1)N(C)C(=O)Cn1cnc2ccccc2c1=O. The standard InChI is InChI=1S/C17H17N3O2S/c1-12(15-8-5-9-23-15)19(2)16(21)10-20-11-18-14-7-4-3-6-13(14)17(20)22/h3-9,11-12H,10H2,1-2H3/t12-/m1/s1. The van der Waals surface area contributed by atoms with E-state index in [1.165, 1.54) is 10.9 Å². The molecule has 1 atom stereocenters. The summed E-state index contributed by atoms with van der Waals surface area (Å²) in [7, 11) is 1.76. The van der Waals surface area contributed by atoms with Crippen LogP contribution in [0.25, 0.3) is 10.9 Å². The average Bonchev–Trinajstić information content (AvgIpc) is 3.10. The van der Waals surface area contributed by atoms with Crippen molar-refractivity contribution >= 4 is 28.1 Å². The molecule has 3 aromatic rings. The van der Waals surface area contributed by atoms with Gasteiger partial charge in [0.25, 0.3) is 5.56 Å². The topological polar surface area (TPSA) is 55.2 Å². The third-order valence-electron chi connectivity index (χ3n) is 3.97. The highest BCUT2D eigenvalue weighted by atomic mass is 32.1. The summed E-state index contributed by atoms with van der Waals surface area (Å²) in [5.74, 6) is -0.120. The monoisotopic (exact) mass is 327 g/mol. The Morgan fingerprint density at radius 2 is 2.09 bits per heavy atom. The lowest BCUT2D eigenvalue weighted by Crippen LogP contribution is -2.35. The van der Waals surface area contributed by atoms with Gasteiger partial charge in [-0.05, 0) is 30.5 Å². The second-order valence-electron chi connectivity index (χ2n) is 5.39. The number of rotatable bonds is 4. The van der Waals surface area contributed by atoms with Gasteiger partial charge in [0.1, 0.15) is 6.54 Å². The van der Waals surface area contributed by atoms with Gasteiger partial charge in [0.15, 0.2) is 0 Å². The number of para-hydroxylation sites is 1. The van der Waals surface area contributed by atoms with E-state index >= 15 is 0 Å². The summed E-state index contributed by atoms with van der Waals surface area (Å²) in [6.07, 6.45) is 1.44. The summed E-state index contributed by atoms with van der Waals surface area (Å²) >= 11 is 1.61. The quantitative estimate of drug-likeness (QED) is 0.740. The predicted octanol–water partition coefficient (Wildman–Crippen LogP) is 2.68. The lowest BCUT2D eigenvalue weighted by atomic mass is 10.2. The van der Waals surface area contributed by atoms with Gasteiger partial charge in [-0.2, -0.15) is 0 Å². The summed E-state index contributed by atoms with van der Waals surface area (Å²) in [5.41, 5.74) is 0.447. The van der Waals surface area contributed by atoms with Crippen molar-refractivity contribution in [2.75, 3.05) is 7.05 Å². The summed E-state index contributed by atoms with van der Waals surface area (Å²) < 4.78 is 1.36. The van der Waals surface area contributed by atoms with Crippen LogP contribution in [0.1, 0.15) is 17.8 Å². The molecule has 6 heteroatoms. The first-order valence-electron chi connectivity index (χ1n) is 7.31. The molecule has 5 nitrogen and oxygen atoms in total. The van der Waals surface area contributed by atoms with E-state index in [9.17, 15) is 9.59 Å². The molecule has 23 heavy (non-hydrogen) atoms.